The van der Waals surface area contributed by atoms with Gasteiger partial charge >= 0.3 is 5.97 Å². The van der Waals surface area contributed by atoms with Crippen LogP contribution in [0.5, 0.6) is 0 Å². The van der Waals surface area contributed by atoms with Crippen molar-refractivity contribution < 1.29 is 19.5 Å². The zero-order chi connectivity index (χ0) is 15.4. The Morgan fingerprint density at radius 2 is 1.95 bits per heavy atom. The fourth-order valence-corrected chi connectivity index (χ4v) is 1.81. The molecule has 0 fully saturated rings. The van der Waals surface area contributed by atoms with Gasteiger partial charge in [-0.15, -0.1) is 0 Å². The van der Waals surface area contributed by atoms with Gasteiger partial charge in [-0.1, -0.05) is 6.07 Å². The average Bonchev–Trinajstić information content (AvgIpc) is 2.45. The molecule has 2 amide bonds. The number of rotatable bonds is 5. The Labute approximate surface area is 119 Å². The van der Waals surface area contributed by atoms with Crippen molar-refractivity contribution >= 4 is 28.8 Å². The van der Waals surface area contributed by atoms with Crippen molar-refractivity contribution in [2.75, 3.05) is 0 Å². The van der Waals surface area contributed by atoms with Crippen molar-refractivity contribution in [1.29, 1.82) is 0 Å². The fraction of sp³-hybridized carbons (Fsp3) is 0.154. The number of nitrogens with one attached hydrogen (secondary N) is 1. The molecule has 0 aliphatic carbocycles. The summed E-state index contributed by atoms with van der Waals surface area (Å²) >= 11 is 0. The van der Waals surface area contributed by atoms with Gasteiger partial charge in [0, 0.05) is 12.4 Å². The fourth-order valence-electron chi connectivity index (χ4n) is 1.81. The smallest absolute Gasteiger partial charge is 0.326 e. The summed E-state index contributed by atoms with van der Waals surface area (Å²) in [6.45, 7) is 0. The van der Waals surface area contributed by atoms with E-state index >= 15 is 0 Å². The molecule has 2 rings (SSSR count). The first-order chi connectivity index (χ1) is 9.99. The van der Waals surface area contributed by atoms with Crippen LogP contribution in [0.4, 0.5) is 0 Å². The number of carboxylic acids is 1. The van der Waals surface area contributed by atoms with Crippen molar-refractivity contribution in [2.45, 2.75) is 12.5 Å². The quantitative estimate of drug-likeness (QED) is 0.690. The molecule has 4 N–H and O–H groups in total. The monoisotopic (exact) mass is 288 g/mol. The molecule has 8 nitrogen and oxygen atoms in total. The molecule has 0 radical (unpaired) electrons. The zero-order valence-corrected chi connectivity index (χ0v) is 10.8. The molecule has 0 saturated carbocycles. The van der Waals surface area contributed by atoms with Crippen molar-refractivity contribution in [1.82, 2.24) is 15.3 Å². The van der Waals surface area contributed by atoms with E-state index in [0.29, 0.717) is 11.0 Å². The minimum atomic E-state index is -1.39. The van der Waals surface area contributed by atoms with Gasteiger partial charge in [0.25, 0.3) is 5.91 Å². The third kappa shape index (κ3) is 3.30. The molecule has 0 saturated heterocycles. The van der Waals surface area contributed by atoms with Gasteiger partial charge in [0.2, 0.25) is 5.91 Å². The molecule has 108 valence electrons. The number of carboxylic acid groups (broad SMARTS) is 1. The lowest BCUT2D eigenvalue weighted by atomic mass is 10.1. The maximum atomic E-state index is 12.2. The molecule has 1 unspecified atom stereocenters. The van der Waals surface area contributed by atoms with E-state index in [1.807, 2.05) is 0 Å². The third-order valence-electron chi connectivity index (χ3n) is 2.75. The van der Waals surface area contributed by atoms with Gasteiger partial charge in [0.1, 0.15) is 11.6 Å². The number of carbonyl (C=O) groups excluding carboxylic acids is 2. The van der Waals surface area contributed by atoms with Crippen LogP contribution in [-0.2, 0) is 9.59 Å². The Hall–Kier alpha value is -3.03. The molecule has 0 aliphatic rings. The number of aromatic nitrogens is 2. The topological polar surface area (TPSA) is 135 Å². The van der Waals surface area contributed by atoms with Crippen LogP contribution in [0.2, 0.25) is 0 Å². The van der Waals surface area contributed by atoms with Crippen LogP contribution >= 0.6 is 0 Å². The van der Waals surface area contributed by atoms with Crippen molar-refractivity contribution in [3.8, 4) is 0 Å². The second kappa shape index (κ2) is 5.95. The molecule has 1 aromatic heterocycles. The van der Waals surface area contributed by atoms with Crippen LogP contribution in [0.25, 0.3) is 11.0 Å². The van der Waals surface area contributed by atoms with Crippen molar-refractivity contribution in [3.63, 3.8) is 0 Å². The van der Waals surface area contributed by atoms with Gasteiger partial charge in [-0.25, -0.2) is 4.79 Å². The van der Waals surface area contributed by atoms with Crippen molar-refractivity contribution in [3.05, 3.63) is 36.2 Å². The lowest BCUT2D eigenvalue weighted by molar-refractivity contribution is -0.140. The number of para-hydroxylation sites is 1. The van der Waals surface area contributed by atoms with E-state index in [0.717, 1.165) is 0 Å². The number of benzene rings is 1. The Morgan fingerprint density at radius 1 is 1.24 bits per heavy atom. The predicted molar refractivity (Wildman–Crippen MR) is 72.2 cm³/mol. The number of hydrogen-bond donors (Lipinski definition) is 3. The molecule has 21 heavy (non-hydrogen) atoms. The highest BCUT2D eigenvalue weighted by atomic mass is 16.4. The van der Waals surface area contributed by atoms with Gasteiger partial charge in [0.05, 0.1) is 17.5 Å². The largest absolute Gasteiger partial charge is 0.480 e. The Kier molecular flexibility index (Phi) is 4.07. The number of carbonyl (C=O) groups is 3. The summed E-state index contributed by atoms with van der Waals surface area (Å²) in [6.07, 6.45) is 2.42. The Bertz CT molecular complexity index is 711. The van der Waals surface area contributed by atoms with Crippen LogP contribution in [-0.4, -0.2) is 38.9 Å². The molecule has 1 heterocycles. The number of aliphatic carboxylic acids is 1. The Balaban J connectivity index is 2.29. The minimum absolute atomic E-state index is 0.177. The number of primary amides is 1. The van der Waals surface area contributed by atoms with E-state index < -0.39 is 30.2 Å². The minimum Gasteiger partial charge on any atom is -0.480 e. The number of fused-ring (bicyclic) bond motifs is 1. The molecule has 0 aliphatic heterocycles. The maximum Gasteiger partial charge on any atom is 0.326 e. The molecule has 2 aromatic rings. The van der Waals surface area contributed by atoms with Crippen LogP contribution in [0, 0.1) is 0 Å². The first kappa shape index (κ1) is 14.4. The number of nitrogens with zero attached hydrogens (tertiary/aromatic N) is 2. The van der Waals surface area contributed by atoms with E-state index in [-0.39, 0.29) is 5.56 Å². The lowest BCUT2D eigenvalue weighted by Crippen LogP contribution is -2.43. The SMILES string of the molecule is NC(=O)CC(NC(=O)c1cccc2nccnc12)C(=O)O. The summed E-state index contributed by atoms with van der Waals surface area (Å²) in [5.41, 5.74) is 5.99. The number of nitrogens with two attached hydrogens (primary N) is 1. The predicted octanol–water partition coefficient (Wildman–Crippen LogP) is -0.312. The normalized spacial score (nSPS) is 11.8. The lowest BCUT2D eigenvalue weighted by Gasteiger charge is -2.13. The second-order valence-corrected chi connectivity index (χ2v) is 4.26. The van der Waals surface area contributed by atoms with E-state index in [9.17, 15) is 14.4 Å². The molecular formula is C13H12N4O4. The standard InChI is InChI=1S/C13H12N4O4/c14-10(18)6-9(13(20)21)17-12(19)7-2-1-3-8-11(7)16-5-4-15-8/h1-5,9H,6H2,(H2,14,18)(H,17,19)(H,20,21). The summed E-state index contributed by atoms with van der Waals surface area (Å²) in [5.74, 6) is -2.82. The van der Waals surface area contributed by atoms with E-state index in [1.165, 1.54) is 18.5 Å². The highest BCUT2D eigenvalue weighted by molar-refractivity contribution is 6.06. The highest BCUT2D eigenvalue weighted by Gasteiger charge is 2.23. The first-order valence-electron chi connectivity index (χ1n) is 6.00. The summed E-state index contributed by atoms with van der Waals surface area (Å²) in [7, 11) is 0. The van der Waals surface area contributed by atoms with E-state index in [2.05, 4.69) is 15.3 Å². The molecule has 1 atom stereocenters. The molecule has 0 bridgehead atoms. The Morgan fingerprint density at radius 3 is 2.62 bits per heavy atom. The van der Waals surface area contributed by atoms with Gasteiger partial charge < -0.3 is 16.2 Å². The molecular weight excluding hydrogens is 276 g/mol. The van der Waals surface area contributed by atoms with Gasteiger partial charge in [-0.3, -0.25) is 19.6 Å². The first-order valence-corrected chi connectivity index (χ1v) is 6.00. The van der Waals surface area contributed by atoms with E-state index in [4.69, 9.17) is 10.8 Å². The summed E-state index contributed by atoms with van der Waals surface area (Å²) in [4.78, 5) is 42.1. The highest BCUT2D eigenvalue weighted by Crippen LogP contribution is 2.14. The van der Waals surface area contributed by atoms with Gasteiger partial charge in [-0.2, -0.15) is 0 Å². The summed E-state index contributed by atoms with van der Waals surface area (Å²) in [5, 5.41) is 11.2. The van der Waals surface area contributed by atoms with Crippen LogP contribution in [0.3, 0.4) is 0 Å². The molecule has 1 aromatic carbocycles. The maximum absolute atomic E-state index is 12.2. The number of amides is 2. The molecule has 0 spiro atoms. The van der Waals surface area contributed by atoms with Crippen LogP contribution in [0.15, 0.2) is 30.6 Å². The average molecular weight is 288 g/mol. The molecule has 8 heteroatoms. The number of hydrogen-bond acceptors (Lipinski definition) is 5. The van der Waals surface area contributed by atoms with Crippen LogP contribution < -0.4 is 11.1 Å². The van der Waals surface area contributed by atoms with E-state index in [1.54, 1.807) is 12.1 Å². The summed E-state index contributed by atoms with van der Waals surface area (Å²) < 4.78 is 0. The van der Waals surface area contributed by atoms with Gasteiger partial charge in [-0.05, 0) is 12.1 Å². The second-order valence-electron chi connectivity index (χ2n) is 4.26. The third-order valence-corrected chi connectivity index (χ3v) is 2.75. The van der Waals surface area contributed by atoms with Crippen LogP contribution in [0.1, 0.15) is 16.8 Å². The zero-order valence-electron chi connectivity index (χ0n) is 10.8. The van der Waals surface area contributed by atoms with Crippen molar-refractivity contribution in [2.24, 2.45) is 5.73 Å². The van der Waals surface area contributed by atoms with Gasteiger partial charge in [0.15, 0.2) is 0 Å². The summed E-state index contributed by atoms with van der Waals surface area (Å²) in [6, 6.07) is 3.39.